The summed E-state index contributed by atoms with van der Waals surface area (Å²) in [5, 5.41) is 3.19. The zero-order chi connectivity index (χ0) is 10.1. The van der Waals surface area contributed by atoms with E-state index < -0.39 is 0 Å². The van der Waals surface area contributed by atoms with Crippen LogP contribution in [0.2, 0.25) is 0 Å². The summed E-state index contributed by atoms with van der Waals surface area (Å²) in [5.74, 6) is 2.57. The van der Waals surface area contributed by atoms with Crippen LogP contribution in [0.25, 0.3) is 0 Å². The summed E-state index contributed by atoms with van der Waals surface area (Å²) in [6.45, 7) is 1.71. The van der Waals surface area contributed by atoms with Gasteiger partial charge in [-0.1, -0.05) is 36.3 Å². The van der Waals surface area contributed by atoms with E-state index in [1.165, 1.54) is 24.8 Å². The maximum absolute atomic E-state index is 5.12. The monoisotopic (exact) mass is 187 g/mol. The lowest BCUT2D eigenvalue weighted by atomic mass is 10.1. The molecular weight excluding hydrogens is 170 g/mol. The molecule has 1 heteroatoms. The van der Waals surface area contributed by atoms with Gasteiger partial charge in [-0.2, -0.15) is 0 Å². The standard InChI is InChI=1S/C13H17N/c1-2-11-14-12-7-6-10-13-8-4-3-5-9-13/h1,3-5,8-9,14H,6-7,10-12H2. The Morgan fingerprint density at radius 2 is 1.93 bits per heavy atom. The summed E-state index contributed by atoms with van der Waals surface area (Å²) in [6, 6.07) is 10.6. The first-order valence-corrected chi connectivity index (χ1v) is 5.11. The molecular formula is C13H17N. The van der Waals surface area contributed by atoms with Crippen molar-refractivity contribution < 1.29 is 0 Å². The van der Waals surface area contributed by atoms with E-state index in [1.54, 1.807) is 0 Å². The number of terminal acetylenes is 1. The van der Waals surface area contributed by atoms with E-state index in [9.17, 15) is 0 Å². The Bertz CT molecular complexity index is 271. The lowest BCUT2D eigenvalue weighted by Gasteiger charge is -2.01. The highest BCUT2D eigenvalue weighted by molar-refractivity contribution is 5.14. The molecule has 74 valence electrons. The van der Waals surface area contributed by atoms with Crippen molar-refractivity contribution in [3.8, 4) is 12.3 Å². The molecule has 0 saturated carbocycles. The van der Waals surface area contributed by atoms with Crippen LogP contribution in [0.5, 0.6) is 0 Å². The topological polar surface area (TPSA) is 12.0 Å². The van der Waals surface area contributed by atoms with E-state index in [4.69, 9.17) is 6.42 Å². The molecule has 1 aromatic carbocycles. The Morgan fingerprint density at radius 1 is 1.14 bits per heavy atom. The van der Waals surface area contributed by atoms with E-state index in [0.717, 1.165) is 6.54 Å². The van der Waals surface area contributed by atoms with Gasteiger partial charge < -0.3 is 5.32 Å². The molecule has 0 aliphatic rings. The number of rotatable bonds is 6. The highest BCUT2D eigenvalue weighted by Crippen LogP contribution is 2.03. The van der Waals surface area contributed by atoms with Crippen LogP contribution in [0.3, 0.4) is 0 Å². The summed E-state index contributed by atoms with van der Waals surface area (Å²) in [4.78, 5) is 0. The summed E-state index contributed by atoms with van der Waals surface area (Å²) in [5.41, 5.74) is 1.42. The van der Waals surface area contributed by atoms with Gasteiger partial charge in [0.25, 0.3) is 0 Å². The molecule has 1 rings (SSSR count). The smallest absolute Gasteiger partial charge is 0.0573 e. The quantitative estimate of drug-likeness (QED) is 0.532. The number of hydrogen-bond acceptors (Lipinski definition) is 1. The zero-order valence-electron chi connectivity index (χ0n) is 8.50. The Labute approximate surface area is 86.5 Å². The second-order valence-electron chi connectivity index (χ2n) is 3.32. The van der Waals surface area contributed by atoms with Crippen LogP contribution in [-0.4, -0.2) is 13.1 Å². The first-order chi connectivity index (χ1) is 6.93. The Hall–Kier alpha value is -1.26. The second kappa shape index (κ2) is 7.17. The van der Waals surface area contributed by atoms with Gasteiger partial charge in [0, 0.05) is 0 Å². The second-order valence-corrected chi connectivity index (χ2v) is 3.32. The predicted molar refractivity (Wildman–Crippen MR) is 61.1 cm³/mol. The van der Waals surface area contributed by atoms with Crippen LogP contribution in [0, 0.1) is 12.3 Å². The Morgan fingerprint density at radius 3 is 2.64 bits per heavy atom. The van der Waals surface area contributed by atoms with Gasteiger partial charge in [-0.15, -0.1) is 6.42 Å². The average Bonchev–Trinajstić information content (AvgIpc) is 2.25. The molecule has 0 unspecified atom stereocenters. The molecule has 0 atom stereocenters. The van der Waals surface area contributed by atoms with E-state index in [2.05, 4.69) is 41.6 Å². The molecule has 1 aromatic rings. The lowest BCUT2D eigenvalue weighted by molar-refractivity contribution is 0.659. The van der Waals surface area contributed by atoms with Crippen LogP contribution in [-0.2, 0) is 6.42 Å². The van der Waals surface area contributed by atoms with Crippen LogP contribution in [0.4, 0.5) is 0 Å². The van der Waals surface area contributed by atoms with E-state index in [0.29, 0.717) is 6.54 Å². The molecule has 0 aromatic heterocycles. The maximum Gasteiger partial charge on any atom is 0.0573 e. The number of nitrogens with one attached hydrogen (secondary N) is 1. The number of aryl methyl sites for hydroxylation is 1. The SMILES string of the molecule is C#CCNCCCCc1ccccc1. The molecule has 0 spiro atoms. The van der Waals surface area contributed by atoms with Gasteiger partial charge in [0.15, 0.2) is 0 Å². The van der Waals surface area contributed by atoms with Crippen molar-refractivity contribution in [2.75, 3.05) is 13.1 Å². The minimum Gasteiger partial charge on any atom is -0.306 e. The van der Waals surface area contributed by atoms with Crippen molar-refractivity contribution in [3.63, 3.8) is 0 Å². The van der Waals surface area contributed by atoms with Crippen molar-refractivity contribution in [1.82, 2.24) is 5.32 Å². The van der Waals surface area contributed by atoms with Gasteiger partial charge in [0.2, 0.25) is 0 Å². The van der Waals surface area contributed by atoms with Gasteiger partial charge in [-0.3, -0.25) is 0 Å². The molecule has 0 amide bonds. The van der Waals surface area contributed by atoms with Gasteiger partial charge >= 0.3 is 0 Å². The van der Waals surface area contributed by atoms with Crippen molar-refractivity contribution in [2.24, 2.45) is 0 Å². The van der Waals surface area contributed by atoms with Crippen molar-refractivity contribution in [3.05, 3.63) is 35.9 Å². The molecule has 0 aliphatic heterocycles. The van der Waals surface area contributed by atoms with Gasteiger partial charge in [0.05, 0.1) is 6.54 Å². The van der Waals surface area contributed by atoms with E-state index in [-0.39, 0.29) is 0 Å². The highest BCUT2D eigenvalue weighted by Gasteiger charge is 1.91. The molecule has 1 N–H and O–H groups in total. The fourth-order valence-corrected chi connectivity index (χ4v) is 1.38. The molecule has 0 saturated heterocycles. The molecule has 0 radical (unpaired) electrons. The first-order valence-electron chi connectivity index (χ1n) is 5.11. The predicted octanol–water partition coefficient (Wildman–Crippen LogP) is 2.23. The van der Waals surface area contributed by atoms with E-state index >= 15 is 0 Å². The third kappa shape index (κ3) is 4.69. The molecule has 0 heterocycles. The molecule has 0 fully saturated rings. The van der Waals surface area contributed by atoms with Crippen LogP contribution in [0.1, 0.15) is 18.4 Å². The molecule has 14 heavy (non-hydrogen) atoms. The number of hydrogen-bond donors (Lipinski definition) is 1. The normalized spacial score (nSPS) is 9.64. The minimum atomic E-state index is 0.686. The van der Waals surface area contributed by atoms with Crippen LogP contribution < -0.4 is 5.32 Å². The molecule has 0 bridgehead atoms. The third-order valence-corrected chi connectivity index (χ3v) is 2.14. The summed E-state index contributed by atoms with van der Waals surface area (Å²) in [7, 11) is 0. The average molecular weight is 187 g/mol. The van der Waals surface area contributed by atoms with Gasteiger partial charge in [-0.05, 0) is 31.4 Å². The Kier molecular flexibility index (Phi) is 5.54. The molecule has 1 nitrogen and oxygen atoms in total. The molecule has 0 aliphatic carbocycles. The summed E-state index contributed by atoms with van der Waals surface area (Å²) >= 11 is 0. The number of unbranched alkanes of at least 4 members (excludes halogenated alkanes) is 1. The van der Waals surface area contributed by atoms with Crippen molar-refractivity contribution >= 4 is 0 Å². The summed E-state index contributed by atoms with van der Waals surface area (Å²) < 4.78 is 0. The minimum absolute atomic E-state index is 0.686. The maximum atomic E-state index is 5.12. The first kappa shape index (κ1) is 10.8. The van der Waals surface area contributed by atoms with E-state index in [1.807, 2.05) is 0 Å². The van der Waals surface area contributed by atoms with Gasteiger partial charge in [0.1, 0.15) is 0 Å². The fourth-order valence-electron chi connectivity index (χ4n) is 1.38. The van der Waals surface area contributed by atoms with Crippen LogP contribution in [0.15, 0.2) is 30.3 Å². The van der Waals surface area contributed by atoms with Crippen molar-refractivity contribution in [1.29, 1.82) is 0 Å². The summed E-state index contributed by atoms with van der Waals surface area (Å²) in [6.07, 6.45) is 8.70. The highest BCUT2D eigenvalue weighted by atomic mass is 14.8. The third-order valence-electron chi connectivity index (χ3n) is 2.14. The number of benzene rings is 1. The largest absolute Gasteiger partial charge is 0.306 e. The zero-order valence-corrected chi connectivity index (χ0v) is 8.50. The van der Waals surface area contributed by atoms with Crippen LogP contribution >= 0.6 is 0 Å². The Balaban J connectivity index is 2.03. The fraction of sp³-hybridized carbons (Fsp3) is 0.385. The van der Waals surface area contributed by atoms with Crippen molar-refractivity contribution in [2.45, 2.75) is 19.3 Å². The lowest BCUT2D eigenvalue weighted by Crippen LogP contribution is -2.15. The van der Waals surface area contributed by atoms with Gasteiger partial charge in [-0.25, -0.2) is 0 Å².